The summed E-state index contributed by atoms with van der Waals surface area (Å²) < 4.78 is 5.41. The molecule has 0 aliphatic carbocycles. The molecule has 0 spiro atoms. The Hall–Kier alpha value is -1.06. The van der Waals surface area contributed by atoms with Gasteiger partial charge in [-0.2, -0.15) is 0 Å². The zero-order valence-corrected chi connectivity index (χ0v) is 12.2. The van der Waals surface area contributed by atoms with E-state index in [1.165, 1.54) is 31.6 Å². The lowest BCUT2D eigenvalue weighted by molar-refractivity contribution is 0.323. The molecule has 1 saturated heterocycles. The first-order valence-electron chi connectivity index (χ1n) is 7.38. The number of nitrogens with zero attached hydrogens (tertiary/aromatic N) is 1. The first-order valence-corrected chi connectivity index (χ1v) is 7.38. The minimum absolute atomic E-state index is 0.831. The van der Waals surface area contributed by atoms with Crippen LogP contribution in [0, 0.1) is 5.92 Å². The molecule has 2 rings (SSSR count). The number of methoxy groups -OCH3 is 1. The van der Waals surface area contributed by atoms with Gasteiger partial charge in [0.1, 0.15) is 5.75 Å². The van der Waals surface area contributed by atoms with Gasteiger partial charge in [0, 0.05) is 13.1 Å². The van der Waals surface area contributed by atoms with Crippen molar-refractivity contribution in [2.45, 2.75) is 19.8 Å². The van der Waals surface area contributed by atoms with E-state index in [2.05, 4.69) is 29.3 Å². The zero-order chi connectivity index (χ0) is 13.5. The van der Waals surface area contributed by atoms with Crippen LogP contribution in [0.3, 0.4) is 0 Å². The van der Waals surface area contributed by atoms with Gasteiger partial charge in [0.2, 0.25) is 0 Å². The topological polar surface area (TPSA) is 24.5 Å². The maximum absolute atomic E-state index is 5.41. The third-order valence-corrected chi connectivity index (χ3v) is 3.94. The molecule has 1 atom stereocenters. The fourth-order valence-electron chi connectivity index (χ4n) is 2.82. The van der Waals surface area contributed by atoms with Gasteiger partial charge in [0.05, 0.1) is 7.11 Å². The molecule has 3 heteroatoms. The van der Waals surface area contributed by atoms with Crippen LogP contribution in [0.15, 0.2) is 24.3 Å². The van der Waals surface area contributed by atoms with Crippen molar-refractivity contribution in [2.24, 2.45) is 5.92 Å². The Balaban J connectivity index is 1.77. The van der Waals surface area contributed by atoms with E-state index in [0.29, 0.717) is 0 Å². The summed E-state index contributed by atoms with van der Waals surface area (Å²) in [5, 5.41) is 3.46. The number of likely N-dealkylation sites (tertiary alicyclic amines) is 1. The van der Waals surface area contributed by atoms with Gasteiger partial charge in [-0.25, -0.2) is 0 Å². The summed E-state index contributed by atoms with van der Waals surface area (Å²) in [5.41, 5.74) is 1.32. The van der Waals surface area contributed by atoms with Gasteiger partial charge in [-0.05, 0) is 50.0 Å². The largest absolute Gasteiger partial charge is 0.496 e. The lowest BCUT2D eigenvalue weighted by atomic mass is 10.1. The molecule has 1 aliphatic rings. The Labute approximate surface area is 116 Å². The molecule has 1 aromatic carbocycles. The normalized spacial score (nSPS) is 19.8. The van der Waals surface area contributed by atoms with E-state index < -0.39 is 0 Å². The van der Waals surface area contributed by atoms with E-state index >= 15 is 0 Å². The Bertz CT molecular complexity index is 381. The Morgan fingerprint density at radius 3 is 3.00 bits per heavy atom. The summed E-state index contributed by atoms with van der Waals surface area (Å²) in [4.78, 5) is 2.58. The van der Waals surface area contributed by atoms with Crippen LogP contribution < -0.4 is 10.1 Å². The predicted octanol–water partition coefficient (Wildman–Crippen LogP) is 2.17. The summed E-state index contributed by atoms with van der Waals surface area (Å²) >= 11 is 0. The van der Waals surface area contributed by atoms with Gasteiger partial charge < -0.3 is 15.0 Å². The van der Waals surface area contributed by atoms with Crippen molar-refractivity contribution in [2.75, 3.05) is 39.8 Å². The quantitative estimate of drug-likeness (QED) is 0.815. The minimum Gasteiger partial charge on any atom is -0.496 e. The fourth-order valence-corrected chi connectivity index (χ4v) is 2.82. The van der Waals surface area contributed by atoms with Gasteiger partial charge in [-0.3, -0.25) is 0 Å². The monoisotopic (exact) mass is 262 g/mol. The predicted molar refractivity (Wildman–Crippen MR) is 79.8 cm³/mol. The number of rotatable bonds is 7. The molecule has 1 N–H and O–H groups in total. The summed E-state index contributed by atoms with van der Waals surface area (Å²) in [6, 6.07) is 8.35. The maximum atomic E-state index is 5.41. The van der Waals surface area contributed by atoms with Crippen molar-refractivity contribution >= 4 is 0 Å². The molecule has 106 valence electrons. The number of benzene rings is 1. The van der Waals surface area contributed by atoms with Crippen molar-refractivity contribution in [3.63, 3.8) is 0 Å². The Kier molecular flexibility index (Phi) is 5.67. The Morgan fingerprint density at radius 1 is 1.37 bits per heavy atom. The van der Waals surface area contributed by atoms with Gasteiger partial charge in [0.15, 0.2) is 0 Å². The van der Waals surface area contributed by atoms with Crippen LogP contribution in [0.2, 0.25) is 0 Å². The van der Waals surface area contributed by atoms with E-state index in [9.17, 15) is 0 Å². The van der Waals surface area contributed by atoms with E-state index in [1.54, 1.807) is 7.11 Å². The van der Waals surface area contributed by atoms with Gasteiger partial charge >= 0.3 is 0 Å². The van der Waals surface area contributed by atoms with Crippen LogP contribution in [0.4, 0.5) is 0 Å². The lowest BCUT2D eigenvalue weighted by Crippen LogP contribution is -2.27. The van der Waals surface area contributed by atoms with Crippen LogP contribution in [0.1, 0.15) is 18.9 Å². The fraction of sp³-hybridized carbons (Fsp3) is 0.625. The number of para-hydroxylation sites is 1. The molecular formula is C16H26N2O. The van der Waals surface area contributed by atoms with Crippen LogP contribution in [0.5, 0.6) is 5.75 Å². The molecule has 19 heavy (non-hydrogen) atoms. The molecule has 0 radical (unpaired) electrons. The second-order valence-electron chi connectivity index (χ2n) is 5.32. The number of nitrogens with one attached hydrogen (secondary N) is 1. The van der Waals surface area contributed by atoms with Crippen molar-refractivity contribution < 1.29 is 4.74 Å². The maximum Gasteiger partial charge on any atom is 0.122 e. The van der Waals surface area contributed by atoms with Crippen LogP contribution >= 0.6 is 0 Å². The molecule has 0 saturated carbocycles. The van der Waals surface area contributed by atoms with Crippen molar-refractivity contribution in [3.8, 4) is 5.75 Å². The van der Waals surface area contributed by atoms with Crippen molar-refractivity contribution in [1.29, 1.82) is 0 Å². The van der Waals surface area contributed by atoms with E-state index in [1.807, 2.05) is 12.1 Å². The third kappa shape index (κ3) is 4.22. The highest BCUT2D eigenvalue weighted by atomic mass is 16.5. The highest BCUT2D eigenvalue weighted by Gasteiger charge is 2.21. The average Bonchev–Trinajstić information content (AvgIpc) is 2.91. The average molecular weight is 262 g/mol. The van der Waals surface area contributed by atoms with Crippen LogP contribution in [-0.4, -0.2) is 44.7 Å². The van der Waals surface area contributed by atoms with E-state index in [0.717, 1.165) is 31.2 Å². The second kappa shape index (κ2) is 7.51. The molecule has 1 fully saturated rings. The molecule has 0 aromatic heterocycles. The third-order valence-electron chi connectivity index (χ3n) is 3.94. The molecule has 0 bridgehead atoms. The first-order chi connectivity index (χ1) is 9.33. The highest BCUT2D eigenvalue weighted by molar-refractivity contribution is 5.33. The number of hydrogen-bond donors (Lipinski definition) is 1. The van der Waals surface area contributed by atoms with Crippen LogP contribution in [0.25, 0.3) is 0 Å². The summed E-state index contributed by atoms with van der Waals surface area (Å²) in [7, 11) is 1.75. The molecule has 1 aromatic rings. The first kappa shape index (κ1) is 14.4. The molecule has 3 nitrogen and oxygen atoms in total. The molecular weight excluding hydrogens is 236 g/mol. The van der Waals surface area contributed by atoms with E-state index in [4.69, 9.17) is 4.74 Å². The minimum atomic E-state index is 0.831. The lowest BCUT2D eigenvalue weighted by Gasteiger charge is -2.17. The Morgan fingerprint density at radius 2 is 2.21 bits per heavy atom. The van der Waals surface area contributed by atoms with Crippen molar-refractivity contribution in [3.05, 3.63) is 29.8 Å². The summed E-state index contributed by atoms with van der Waals surface area (Å²) in [6.45, 7) is 8.05. The number of ether oxygens (including phenoxy) is 1. The van der Waals surface area contributed by atoms with Gasteiger partial charge in [0.25, 0.3) is 0 Å². The molecule has 1 aliphatic heterocycles. The van der Waals surface area contributed by atoms with Gasteiger partial charge in [-0.1, -0.05) is 25.1 Å². The van der Waals surface area contributed by atoms with E-state index in [-0.39, 0.29) is 0 Å². The standard InChI is InChI=1S/C16H26N2O/c1-3-17-12-14-8-10-18(13-14)11-9-15-6-4-5-7-16(15)19-2/h4-7,14,17H,3,8-13H2,1-2H3. The van der Waals surface area contributed by atoms with Crippen LogP contribution in [-0.2, 0) is 6.42 Å². The summed E-state index contributed by atoms with van der Waals surface area (Å²) in [5.74, 6) is 1.85. The number of hydrogen-bond acceptors (Lipinski definition) is 3. The zero-order valence-electron chi connectivity index (χ0n) is 12.2. The van der Waals surface area contributed by atoms with Crippen molar-refractivity contribution in [1.82, 2.24) is 10.2 Å². The van der Waals surface area contributed by atoms with Gasteiger partial charge in [-0.15, -0.1) is 0 Å². The molecule has 0 amide bonds. The molecule has 1 heterocycles. The second-order valence-corrected chi connectivity index (χ2v) is 5.32. The SMILES string of the molecule is CCNCC1CCN(CCc2ccccc2OC)C1. The summed E-state index contributed by atoms with van der Waals surface area (Å²) in [6.07, 6.45) is 2.41. The highest BCUT2D eigenvalue weighted by Crippen LogP contribution is 2.20. The molecule has 1 unspecified atom stereocenters. The smallest absolute Gasteiger partial charge is 0.122 e.